The van der Waals surface area contributed by atoms with Crippen molar-refractivity contribution in [1.82, 2.24) is 0 Å². The highest BCUT2D eigenvalue weighted by Crippen LogP contribution is 2.13. The van der Waals surface area contributed by atoms with Crippen LogP contribution in [0, 0.1) is 0 Å². The average Bonchev–Trinajstić information content (AvgIpc) is 2.17. The number of aliphatic hydroxyl groups excluding tert-OH is 1. The van der Waals surface area contributed by atoms with Gasteiger partial charge in [0.15, 0.2) is 0 Å². The van der Waals surface area contributed by atoms with Gasteiger partial charge in [-0.1, -0.05) is 30.3 Å². The number of likely N-dealkylation sites (N-methyl/N-ethyl adjacent to an activating group) is 1. The van der Waals surface area contributed by atoms with Crippen LogP contribution in [0.2, 0.25) is 0 Å². The van der Waals surface area contributed by atoms with E-state index < -0.39 is 0 Å². The van der Waals surface area contributed by atoms with Gasteiger partial charge in [-0.2, -0.15) is 0 Å². The summed E-state index contributed by atoms with van der Waals surface area (Å²) in [5.74, 6) is 0. The molecule has 2 heteroatoms. The van der Waals surface area contributed by atoms with E-state index in [1.807, 2.05) is 49.6 Å². The number of nitrogens with two attached hydrogens (primary N) is 1. The van der Waals surface area contributed by atoms with E-state index in [4.69, 9.17) is 0 Å². The van der Waals surface area contributed by atoms with E-state index in [0.717, 1.165) is 5.56 Å². The van der Waals surface area contributed by atoms with Crippen LogP contribution in [-0.2, 0) is 0 Å². The largest absolute Gasteiger partial charge is 0.382 e. The van der Waals surface area contributed by atoms with Crippen molar-refractivity contribution in [1.29, 1.82) is 0 Å². The molecule has 2 atom stereocenters. The molecule has 2 nitrogen and oxygen atoms in total. The van der Waals surface area contributed by atoms with Crippen molar-refractivity contribution in [3.05, 3.63) is 35.9 Å². The third-order valence-electron chi connectivity index (χ3n) is 2.16. The van der Waals surface area contributed by atoms with E-state index in [9.17, 15) is 5.11 Å². The van der Waals surface area contributed by atoms with Crippen molar-refractivity contribution in [2.45, 2.75) is 19.1 Å². The number of benzene rings is 1. The summed E-state index contributed by atoms with van der Waals surface area (Å²) in [6, 6.07) is 9.96. The van der Waals surface area contributed by atoms with Gasteiger partial charge in [0, 0.05) is 0 Å². The zero-order valence-electron chi connectivity index (χ0n) is 7.57. The van der Waals surface area contributed by atoms with Gasteiger partial charge in [-0.25, -0.2) is 0 Å². The lowest BCUT2D eigenvalue weighted by molar-refractivity contribution is -0.669. The van der Waals surface area contributed by atoms with Gasteiger partial charge in [0.25, 0.3) is 0 Å². The Bertz CT molecular complexity index is 223. The third kappa shape index (κ3) is 2.06. The molecule has 0 saturated heterocycles. The lowest BCUT2D eigenvalue weighted by Gasteiger charge is -2.15. The maximum Gasteiger partial charge on any atom is 0.130 e. The highest BCUT2D eigenvalue weighted by atomic mass is 16.3. The van der Waals surface area contributed by atoms with E-state index in [1.54, 1.807) is 0 Å². The van der Waals surface area contributed by atoms with Crippen LogP contribution in [0.25, 0.3) is 0 Å². The summed E-state index contributed by atoms with van der Waals surface area (Å²) >= 11 is 0. The average molecular weight is 166 g/mol. The minimum Gasteiger partial charge on any atom is -0.382 e. The van der Waals surface area contributed by atoms with Crippen molar-refractivity contribution in [3.8, 4) is 0 Å². The van der Waals surface area contributed by atoms with Crippen molar-refractivity contribution in [3.63, 3.8) is 0 Å². The Morgan fingerprint density at radius 3 is 2.33 bits per heavy atom. The second-order valence-electron chi connectivity index (χ2n) is 3.05. The summed E-state index contributed by atoms with van der Waals surface area (Å²) in [6.07, 6.45) is -0.365. The number of aliphatic hydroxyl groups is 1. The fraction of sp³-hybridized carbons (Fsp3) is 0.400. The summed E-state index contributed by atoms with van der Waals surface area (Å²) < 4.78 is 0. The molecule has 0 spiro atoms. The summed E-state index contributed by atoms with van der Waals surface area (Å²) in [5.41, 5.74) is 0.989. The third-order valence-corrected chi connectivity index (χ3v) is 2.16. The summed E-state index contributed by atoms with van der Waals surface area (Å²) in [4.78, 5) is 0. The van der Waals surface area contributed by atoms with E-state index in [2.05, 4.69) is 0 Å². The normalized spacial score (nSPS) is 15.6. The van der Waals surface area contributed by atoms with Gasteiger partial charge in [-0.3, -0.25) is 0 Å². The van der Waals surface area contributed by atoms with Crippen LogP contribution < -0.4 is 5.32 Å². The SMILES string of the molecule is C[NH2+]C(C)[C@H](O)c1ccccc1. The molecule has 3 N–H and O–H groups in total. The molecule has 0 radical (unpaired) electrons. The zero-order chi connectivity index (χ0) is 8.97. The number of hydrogen-bond donors (Lipinski definition) is 2. The molecule has 0 heterocycles. The quantitative estimate of drug-likeness (QED) is 0.666. The smallest absolute Gasteiger partial charge is 0.130 e. The van der Waals surface area contributed by atoms with Crippen LogP contribution in [0.15, 0.2) is 30.3 Å². The van der Waals surface area contributed by atoms with Crippen LogP contribution in [0.3, 0.4) is 0 Å². The molecule has 0 amide bonds. The summed E-state index contributed by atoms with van der Waals surface area (Å²) in [5, 5.41) is 11.8. The van der Waals surface area contributed by atoms with Crippen molar-refractivity contribution in [2.75, 3.05) is 7.05 Å². The Morgan fingerprint density at radius 1 is 1.25 bits per heavy atom. The van der Waals surface area contributed by atoms with Crippen molar-refractivity contribution >= 4 is 0 Å². The number of quaternary nitrogens is 1. The van der Waals surface area contributed by atoms with E-state index in [1.165, 1.54) is 0 Å². The Labute approximate surface area is 73.2 Å². The molecule has 0 aliphatic carbocycles. The lowest BCUT2D eigenvalue weighted by atomic mass is 10.0. The van der Waals surface area contributed by atoms with Crippen molar-refractivity contribution < 1.29 is 10.4 Å². The molecule has 1 aromatic carbocycles. The molecule has 1 aromatic rings. The first kappa shape index (κ1) is 9.23. The van der Waals surface area contributed by atoms with E-state index >= 15 is 0 Å². The Morgan fingerprint density at radius 2 is 1.83 bits per heavy atom. The Kier molecular flexibility index (Phi) is 3.26. The van der Waals surface area contributed by atoms with Gasteiger partial charge in [-0.05, 0) is 12.5 Å². The number of rotatable bonds is 3. The van der Waals surface area contributed by atoms with E-state index in [0.29, 0.717) is 0 Å². The zero-order valence-corrected chi connectivity index (χ0v) is 7.57. The van der Waals surface area contributed by atoms with Gasteiger partial charge < -0.3 is 10.4 Å². The molecule has 1 unspecified atom stereocenters. The molecule has 0 fully saturated rings. The maximum absolute atomic E-state index is 9.76. The van der Waals surface area contributed by atoms with E-state index in [-0.39, 0.29) is 12.1 Å². The second kappa shape index (κ2) is 4.24. The fourth-order valence-corrected chi connectivity index (χ4v) is 1.14. The molecule has 0 saturated carbocycles. The predicted octanol–water partition coefficient (Wildman–Crippen LogP) is 0.302. The minimum absolute atomic E-state index is 0.215. The van der Waals surface area contributed by atoms with Gasteiger partial charge >= 0.3 is 0 Å². The molecule has 0 bridgehead atoms. The molecule has 12 heavy (non-hydrogen) atoms. The van der Waals surface area contributed by atoms with Gasteiger partial charge in [-0.15, -0.1) is 0 Å². The Balaban J connectivity index is 2.71. The molecular formula is C10H16NO+. The first-order valence-corrected chi connectivity index (χ1v) is 4.28. The minimum atomic E-state index is -0.365. The standard InChI is InChI=1S/C10H15NO/c1-8(11-2)10(12)9-6-4-3-5-7-9/h3-8,10-12H,1-2H3/p+1/t8?,10-/m0/s1. The first-order chi connectivity index (χ1) is 5.75. The molecular weight excluding hydrogens is 150 g/mol. The van der Waals surface area contributed by atoms with Crippen LogP contribution in [0.1, 0.15) is 18.6 Å². The maximum atomic E-state index is 9.76. The topological polar surface area (TPSA) is 36.8 Å². The highest BCUT2D eigenvalue weighted by molar-refractivity contribution is 5.17. The lowest BCUT2D eigenvalue weighted by Crippen LogP contribution is -2.86. The molecule has 0 aliphatic rings. The van der Waals surface area contributed by atoms with Gasteiger partial charge in [0.2, 0.25) is 0 Å². The summed E-state index contributed by atoms with van der Waals surface area (Å²) in [6.45, 7) is 2.01. The molecule has 66 valence electrons. The highest BCUT2D eigenvalue weighted by Gasteiger charge is 2.16. The monoisotopic (exact) mass is 166 g/mol. The van der Waals surface area contributed by atoms with Crippen molar-refractivity contribution in [2.24, 2.45) is 0 Å². The second-order valence-corrected chi connectivity index (χ2v) is 3.05. The predicted molar refractivity (Wildman–Crippen MR) is 48.7 cm³/mol. The first-order valence-electron chi connectivity index (χ1n) is 4.28. The van der Waals surface area contributed by atoms with Crippen LogP contribution >= 0.6 is 0 Å². The molecule has 0 aliphatic heterocycles. The van der Waals surface area contributed by atoms with Crippen LogP contribution in [0.4, 0.5) is 0 Å². The summed E-state index contributed by atoms with van der Waals surface area (Å²) in [7, 11) is 1.97. The fourth-order valence-electron chi connectivity index (χ4n) is 1.14. The molecule has 1 rings (SSSR count). The number of hydrogen-bond acceptors (Lipinski definition) is 1. The van der Waals surface area contributed by atoms with Crippen LogP contribution in [-0.4, -0.2) is 18.2 Å². The van der Waals surface area contributed by atoms with Gasteiger partial charge in [0.1, 0.15) is 12.1 Å². The van der Waals surface area contributed by atoms with Crippen LogP contribution in [0.5, 0.6) is 0 Å². The Hall–Kier alpha value is -0.860. The van der Waals surface area contributed by atoms with Gasteiger partial charge in [0.05, 0.1) is 7.05 Å². The molecule has 0 aromatic heterocycles.